The normalized spacial score (nSPS) is 11.2. The summed E-state index contributed by atoms with van der Waals surface area (Å²) in [6.45, 7) is 0. The van der Waals surface area contributed by atoms with E-state index in [-0.39, 0.29) is 0 Å². The van der Waals surface area contributed by atoms with Gasteiger partial charge in [0.05, 0.1) is 6.21 Å². The van der Waals surface area contributed by atoms with E-state index in [2.05, 4.69) is 43.8 Å². The average molecular weight is 343 g/mol. The first kappa shape index (κ1) is 15.6. The highest BCUT2D eigenvalue weighted by Crippen LogP contribution is 2.14. The zero-order valence-electron chi connectivity index (χ0n) is 12.9. The van der Waals surface area contributed by atoms with Crippen LogP contribution in [0.1, 0.15) is 16.3 Å². The zero-order valence-corrected chi connectivity index (χ0v) is 14.6. The molecule has 2 aromatic heterocycles. The molecule has 0 saturated heterocycles. The fourth-order valence-corrected chi connectivity index (χ4v) is 3.01. The van der Waals surface area contributed by atoms with Crippen molar-refractivity contribution in [1.29, 1.82) is 0 Å². The minimum atomic E-state index is 0.498. The van der Waals surface area contributed by atoms with Crippen LogP contribution in [-0.2, 0) is 6.42 Å². The summed E-state index contributed by atoms with van der Waals surface area (Å²) < 4.78 is 2.17. The Morgan fingerprint density at radius 1 is 1.30 bits per heavy atom. The van der Waals surface area contributed by atoms with Crippen LogP contribution in [0.4, 0.5) is 5.69 Å². The van der Waals surface area contributed by atoms with Gasteiger partial charge in [-0.15, -0.1) is 11.3 Å². The van der Waals surface area contributed by atoms with E-state index in [4.69, 9.17) is 12.2 Å². The molecule has 0 spiro atoms. The third kappa shape index (κ3) is 3.75. The Balaban J connectivity index is 1.82. The van der Waals surface area contributed by atoms with Crippen molar-refractivity contribution in [3.63, 3.8) is 0 Å². The molecule has 3 rings (SSSR count). The predicted molar refractivity (Wildman–Crippen MR) is 98.3 cm³/mol. The van der Waals surface area contributed by atoms with Crippen molar-refractivity contribution >= 4 is 35.5 Å². The smallest absolute Gasteiger partial charge is 0.216 e. The van der Waals surface area contributed by atoms with Gasteiger partial charge in [0.15, 0.2) is 5.82 Å². The van der Waals surface area contributed by atoms with Crippen LogP contribution in [0.2, 0.25) is 0 Å². The Morgan fingerprint density at radius 3 is 2.74 bits per heavy atom. The molecule has 0 radical (unpaired) electrons. The summed E-state index contributed by atoms with van der Waals surface area (Å²) in [7, 11) is 4.04. The number of rotatable bonds is 5. The van der Waals surface area contributed by atoms with E-state index in [9.17, 15) is 0 Å². The molecule has 0 aliphatic carbocycles. The molecule has 0 aliphatic rings. The number of nitrogens with one attached hydrogen (secondary N) is 1. The first-order valence-corrected chi connectivity index (χ1v) is 8.43. The lowest BCUT2D eigenvalue weighted by atomic mass is 10.2. The highest BCUT2D eigenvalue weighted by atomic mass is 32.1. The molecule has 1 aromatic carbocycles. The fraction of sp³-hybridized carbons (Fsp3) is 0.188. The second-order valence-electron chi connectivity index (χ2n) is 5.24. The maximum Gasteiger partial charge on any atom is 0.216 e. The topological polar surface area (TPSA) is 49.2 Å². The predicted octanol–water partition coefficient (Wildman–Crippen LogP) is 3.54. The van der Waals surface area contributed by atoms with Crippen LogP contribution < -0.4 is 4.90 Å². The molecular formula is C16H17N5S2. The summed E-state index contributed by atoms with van der Waals surface area (Å²) in [6, 6.07) is 12.3. The van der Waals surface area contributed by atoms with Gasteiger partial charge in [-0.3, -0.25) is 5.10 Å². The van der Waals surface area contributed by atoms with Gasteiger partial charge in [-0.1, -0.05) is 18.2 Å². The molecule has 0 fully saturated rings. The summed E-state index contributed by atoms with van der Waals surface area (Å²) in [4.78, 5) is 3.29. The highest BCUT2D eigenvalue weighted by molar-refractivity contribution is 7.71. The molecule has 0 atom stereocenters. The average Bonchev–Trinajstić information content (AvgIpc) is 3.17. The number of H-pyrrole nitrogens is 1. The van der Waals surface area contributed by atoms with E-state index in [1.165, 1.54) is 4.88 Å². The van der Waals surface area contributed by atoms with E-state index in [1.54, 1.807) is 22.2 Å². The Kier molecular flexibility index (Phi) is 4.68. The standard InChI is InChI=1S/C16H17N5S2/c1-20(2)13-7-5-12(6-8-13)11-17-21-15(18-19-16(21)22)10-14-4-3-9-23-14/h3-9,11H,10H2,1-2H3,(H,19,22)/b17-11-. The quantitative estimate of drug-likeness (QED) is 0.569. The van der Waals surface area contributed by atoms with Gasteiger partial charge in [0.2, 0.25) is 4.77 Å². The second kappa shape index (κ2) is 6.89. The molecule has 23 heavy (non-hydrogen) atoms. The molecule has 118 valence electrons. The first-order chi connectivity index (χ1) is 11.1. The van der Waals surface area contributed by atoms with Gasteiger partial charge >= 0.3 is 0 Å². The van der Waals surface area contributed by atoms with Gasteiger partial charge in [-0.05, 0) is 41.4 Å². The van der Waals surface area contributed by atoms with E-state index in [1.807, 2.05) is 32.3 Å². The summed E-state index contributed by atoms with van der Waals surface area (Å²) in [5.74, 6) is 0.804. The van der Waals surface area contributed by atoms with Crippen LogP contribution in [0.15, 0.2) is 46.9 Å². The number of aromatic nitrogens is 3. The number of hydrogen-bond donors (Lipinski definition) is 1. The SMILES string of the molecule is CN(C)c1ccc(/C=N\n2c(Cc3cccs3)n[nH]c2=S)cc1. The highest BCUT2D eigenvalue weighted by Gasteiger charge is 2.06. The fourth-order valence-electron chi connectivity index (χ4n) is 2.11. The molecule has 0 aliphatic heterocycles. The molecular weight excluding hydrogens is 326 g/mol. The van der Waals surface area contributed by atoms with Crippen molar-refractivity contribution < 1.29 is 0 Å². The number of thiophene rings is 1. The van der Waals surface area contributed by atoms with Gasteiger partial charge in [0.25, 0.3) is 0 Å². The summed E-state index contributed by atoms with van der Waals surface area (Å²) >= 11 is 6.96. The molecule has 7 heteroatoms. The molecule has 5 nitrogen and oxygen atoms in total. The molecule has 0 unspecified atom stereocenters. The van der Waals surface area contributed by atoms with Crippen molar-refractivity contribution in [3.05, 3.63) is 62.8 Å². The maximum absolute atomic E-state index is 5.27. The van der Waals surface area contributed by atoms with Crippen molar-refractivity contribution in [2.24, 2.45) is 5.10 Å². The number of nitrogens with zero attached hydrogens (tertiary/aromatic N) is 4. The first-order valence-electron chi connectivity index (χ1n) is 7.14. The summed E-state index contributed by atoms with van der Waals surface area (Å²) in [6.07, 6.45) is 2.50. The third-order valence-electron chi connectivity index (χ3n) is 3.36. The van der Waals surface area contributed by atoms with Gasteiger partial charge in [0, 0.05) is 31.1 Å². The van der Waals surface area contributed by atoms with Crippen molar-refractivity contribution in [1.82, 2.24) is 14.9 Å². The van der Waals surface area contributed by atoms with E-state index >= 15 is 0 Å². The Morgan fingerprint density at radius 2 is 2.09 bits per heavy atom. The van der Waals surface area contributed by atoms with Gasteiger partial charge in [0.1, 0.15) is 0 Å². The van der Waals surface area contributed by atoms with Gasteiger partial charge in [-0.25, -0.2) is 0 Å². The van der Waals surface area contributed by atoms with Crippen molar-refractivity contribution in [2.45, 2.75) is 6.42 Å². The number of benzene rings is 1. The van der Waals surface area contributed by atoms with Crippen LogP contribution in [0.25, 0.3) is 0 Å². The van der Waals surface area contributed by atoms with Crippen LogP contribution in [0.3, 0.4) is 0 Å². The number of anilines is 1. The maximum atomic E-state index is 5.27. The lowest BCUT2D eigenvalue weighted by Crippen LogP contribution is -2.08. The molecule has 3 aromatic rings. The van der Waals surface area contributed by atoms with Crippen LogP contribution in [0, 0.1) is 4.77 Å². The molecule has 1 N–H and O–H groups in total. The minimum absolute atomic E-state index is 0.498. The van der Waals surface area contributed by atoms with E-state index < -0.39 is 0 Å². The molecule has 0 bridgehead atoms. The van der Waals surface area contributed by atoms with Crippen LogP contribution in [0.5, 0.6) is 0 Å². The molecule has 0 saturated carbocycles. The summed E-state index contributed by atoms with van der Waals surface area (Å²) in [5.41, 5.74) is 2.17. The van der Waals surface area contributed by atoms with Gasteiger partial charge < -0.3 is 4.90 Å². The van der Waals surface area contributed by atoms with E-state index in [0.717, 1.165) is 17.1 Å². The van der Waals surface area contributed by atoms with Crippen molar-refractivity contribution in [2.75, 3.05) is 19.0 Å². The lowest BCUT2D eigenvalue weighted by Gasteiger charge is -2.11. The van der Waals surface area contributed by atoms with E-state index in [0.29, 0.717) is 11.2 Å². The largest absolute Gasteiger partial charge is 0.378 e. The van der Waals surface area contributed by atoms with Crippen LogP contribution in [-0.4, -0.2) is 35.2 Å². The Labute approximate surface area is 143 Å². The minimum Gasteiger partial charge on any atom is -0.378 e. The molecule has 2 heterocycles. The zero-order chi connectivity index (χ0) is 16.2. The van der Waals surface area contributed by atoms with Crippen molar-refractivity contribution in [3.8, 4) is 0 Å². The third-order valence-corrected chi connectivity index (χ3v) is 4.50. The van der Waals surface area contributed by atoms with Crippen LogP contribution >= 0.6 is 23.6 Å². The second-order valence-corrected chi connectivity index (χ2v) is 6.66. The Bertz CT molecular complexity index is 841. The number of hydrogen-bond acceptors (Lipinski definition) is 5. The molecule has 0 amide bonds. The summed E-state index contributed by atoms with van der Waals surface area (Å²) in [5, 5.41) is 13.6. The number of aromatic amines is 1. The Hall–Kier alpha value is -2.25. The monoisotopic (exact) mass is 343 g/mol. The van der Waals surface area contributed by atoms with Gasteiger partial charge in [-0.2, -0.15) is 14.9 Å². The lowest BCUT2D eigenvalue weighted by molar-refractivity contribution is 0.795.